The van der Waals surface area contributed by atoms with Gasteiger partial charge in [0.15, 0.2) is 0 Å². The molecule has 0 spiro atoms. The van der Waals surface area contributed by atoms with Crippen LogP contribution in [0.3, 0.4) is 0 Å². The smallest absolute Gasteiger partial charge is 0.225 e. The molecular formula is C23H34ClN3O4. The normalized spacial score (nSPS) is 31.0. The minimum absolute atomic E-state index is 0.0747. The van der Waals surface area contributed by atoms with Crippen LogP contribution in [-0.2, 0) is 20.8 Å². The van der Waals surface area contributed by atoms with Crippen molar-refractivity contribution >= 4 is 17.5 Å². The number of amides is 1. The molecule has 0 aliphatic carbocycles. The summed E-state index contributed by atoms with van der Waals surface area (Å²) in [5.41, 5.74) is 1.12. The Morgan fingerprint density at radius 2 is 2.00 bits per heavy atom. The van der Waals surface area contributed by atoms with E-state index in [4.69, 9.17) is 21.1 Å². The molecule has 0 unspecified atom stereocenters. The molecule has 8 heteroatoms. The summed E-state index contributed by atoms with van der Waals surface area (Å²) in [6.45, 7) is 5.41. The highest BCUT2D eigenvalue weighted by molar-refractivity contribution is 6.30. The molecule has 0 saturated carbocycles. The molecular weight excluding hydrogens is 418 g/mol. The summed E-state index contributed by atoms with van der Waals surface area (Å²) in [6, 6.07) is 8.00. The van der Waals surface area contributed by atoms with Crippen molar-refractivity contribution in [1.29, 1.82) is 0 Å². The maximum absolute atomic E-state index is 12.8. The highest BCUT2D eigenvalue weighted by Crippen LogP contribution is 2.29. The Bertz CT molecular complexity index is 743. The predicted octanol–water partition coefficient (Wildman–Crippen LogP) is 1.61. The van der Waals surface area contributed by atoms with Crippen molar-refractivity contribution in [1.82, 2.24) is 14.7 Å². The SMILES string of the molecule is CN1CCN(C(=O)C[C@@H]2CC[C@H]3[C@@H](COC[C@@H](O)CN3Cc3cccc(Cl)c3)O2)CC1. The van der Waals surface area contributed by atoms with Gasteiger partial charge < -0.3 is 24.4 Å². The molecule has 3 heterocycles. The summed E-state index contributed by atoms with van der Waals surface area (Å²) >= 11 is 6.18. The minimum atomic E-state index is -0.531. The number of hydrogen-bond acceptors (Lipinski definition) is 6. The summed E-state index contributed by atoms with van der Waals surface area (Å²) in [5.74, 6) is 0.189. The van der Waals surface area contributed by atoms with Gasteiger partial charge in [0.1, 0.15) is 0 Å². The molecule has 1 aromatic rings. The molecule has 0 bridgehead atoms. The standard InChI is InChI=1S/C23H34ClN3O4/c1-25-7-9-26(10-8-25)23(29)12-20-5-6-21-22(31-20)16-30-15-19(28)14-27(21)13-17-3-2-4-18(24)11-17/h2-4,11,19-22,28H,5-10,12-16H2,1H3/t19-,20-,21-,22+/m0/s1. The van der Waals surface area contributed by atoms with Gasteiger partial charge in [-0.1, -0.05) is 23.7 Å². The lowest BCUT2D eigenvalue weighted by Crippen LogP contribution is -2.55. The number of likely N-dealkylation sites (N-methyl/N-ethyl adjacent to an activating group) is 1. The number of carbonyl (C=O) groups is 1. The number of fused-ring (bicyclic) bond motifs is 1. The van der Waals surface area contributed by atoms with Gasteiger partial charge in [0.2, 0.25) is 5.91 Å². The molecule has 172 valence electrons. The van der Waals surface area contributed by atoms with Crippen molar-refractivity contribution in [3.63, 3.8) is 0 Å². The topological polar surface area (TPSA) is 65.5 Å². The van der Waals surface area contributed by atoms with Gasteiger partial charge in [-0.3, -0.25) is 9.69 Å². The largest absolute Gasteiger partial charge is 0.389 e. The second-order valence-corrected chi connectivity index (χ2v) is 9.52. The summed E-state index contributed by atoms with van der Waals surface area (Å²) < 4.78 is 12.1. The lowest BCUT2D eigenvalue weighted by atomic mass is 9.94. The third-order valence-electron chi connectivity index (χ3n) is 6.62. The van der Waals surface area contributed by atoms with Crippen LogP contribution in [0.2, 0.25) is 5.02 Å². The fourth-order valence-electron chi connectivity index (χ4n) is 4.88. The number of ether oxygens (including phenoxy) is 2. The minimum Gasteiger partial charge on any atom is -0.389 e. The number of nitrogens with zero attached hydrogens (tertiary/aromatic N) is 3. The van der Waals surface area contributed by atoms with Gasteiger partial charge in [0.05, 0.1) is 37.9 Å². The molecule has 3 saturated heterocycles. The number of benzene rings is 1. The maximum Gasteiger partial charge on any atom is 0.225 e. The molecule has 0 radical (unpaired) electrons. The number of carbonyl (C=O) groups excluding carboxylic acids is 1. The zero-order valence-electron chi connectivity index (χ0n) is 18.3. The second-order valence-electron chi connectivity index (χ2n) is 9.08. The lowest BCUT2D eigenvalue weighted by Gasteiger charge is -2.45. The third kappa shape index (κ3) is 6.18. The van der Waals surface area contributed by atoms with Crippen LogP contribution in [0, 0.1) is 0 Å². The Hall–Kier alpha value is -1.22. The van der Waals surface area contributed by atoms with Crippen LogP contribution in [0.15, 0.2) is 24.3 Å². The molecule has 7 nitrogen and oxygen atoms in total. The first kappa shape index (κ1) is 23.0. The monoisotopic (exact) mass is 451 g/mol. The molecule has 3 aliphatic rings. The van der Waals surface area contributed by atoms with E-state index in [0.717, 1.165) is 44.6 Å². The fourth-order valence-corrected chi connectivity index (χ4v) is 5.09. The Kier molecular flexibility index (Phi) is 7.85. The molecule has 4 rings (SSSR count). The number of piperazine rings is 1. The van der Waals surface area contributed by atoms with Crippen molar-refractivity contribution in [2.45, 2.75) is 50.2 Å². The molecule has 3 aliphatic heterocycles. The van der Waals surface area contributed by atoms with Crippen LogP contribution in [0.25, 0.3) is 0 Å². The summed E-state index contributed by atoms with van der Waals surface area (Å²) in [7, 11) is 2.09. The van der Waals surface area contributed by atoms with Gasteiger partial charge >= 0.3 is 0 Å². The lowest BCUT2D eigenvalue weighted by molar-refractivity contribution is -0.161. The van der Waals surface area contributed by atoms with Gasteiger partial charge in [-0.05, 0) is 37.6 Å². The third-order valence-corrected chi connectivity index (χ3v) is 6.86. The second kappa shape index (κ2) is 10.6. The molecule has 1 N–H and O–H groups in total. The van der Waals surface area contributed by atoms with Crippen molar-refractivity contribution < 1.29 is 19.4 Å². The number of aliphatic hydroxyl groups excluding tert-OH is 1. The molecule has 1 amide bonds. The highest BCUT2D eigenvalue weighted by Gasteiger charge is 2.38. The Balaban J connectivity index is 1.38. The summed E-state index contributed by atoms with van der Waals surface area (Å²) in [6.07, 6.45) is 1.48. The number of halogens is 1. The molecule has 3 fully saturated rings. The van der Waals surface area contributed by atoms with Crippen LogP contribution in [0.4, 0.5) is 0 Å². The van der Waals surface area contributed by atoms with E-state index >= 15 is 0 Å². The van der Waals surface area contributed by atoms with E-state index in [9.17, 15) is 9.90 Å². The van der Waals surface area contributed by atoms with Crippen molar-refractivity contribution in [2.75, 3.05) is 53.0 Å². The first-order valence-electron chi connectivity index (χ1n) is 11.3. The summed E-state index contributed by atoms with van der Waals surface area (Å²) in [5, 5.41) is 11.1. The first-order valence-corrected chi connectivity index (χ1v) is 11.7. The molecule has 31 heavy (non-hydrogen) atoms. The Morgan fingerprint density at radius 1 is 1.19 bits per heavy atom. The van der Waals surface area contributed by atoms with Crippen molar-refractivity contribution in [3.8, 4) is 0 Å². The zero-order chi connectivity index (χ0) is 21.8. The van der Waals surface area contributed by atoms with Gasteiger partial charge in [-0.15, -0.1) is 0 Å². The average Bonchev–Trinajstić information content (AvgIpc) is 2.73. The average molecular weight is 452 g/mol. The van der Waals surface area contributed by atoms with E-state index in [1.54, 1.807) is 0 Å². The van der Waals surface area contributed by atoms with Gasteiger partial charge in [-0.25, -0.2) is 0 Å². The van der Waals surface area contributed by atoms with Gasteiger partial charge in [0.25, 0.3) is 0 Å². The van der Waals surface area contributed by atoms with Crippen molar-refractivity contribution in [3.05, 3.63) is 34.9 Å². The van der Waals surface area contributed by atoms with Crippen LogP contribution < -0.4 is 0 Å². The quantitative estimate of drug-likeness (QED) is 0.750. The van der Waals surface area contributed by atoms with E-state index in [-0.39, 0.29) is 24.2 Å². The van der Waals surface area contributed by atoms with Gasteiger partial charge in [-0.2, -0.15) is 0 Å². The predicted molar refractivity (Wildman–Crippen MR) is 119 cm³/mol. The zero-order valence-corrected chi connectivity index (χ0v) is 19.0. The van der Waals surface area contributed by atoms with E-state index in [1.807, 2.05) is 23.1 Å². The Morgan fingerprint density at radius 3 is 2.77 bits per heavy atom. The van der Waals surface area contributed by atoms with Crippen molar-refractivity contribution in [2.24, 2.45) is 0 Å². The van der Waals surface area contributed by atoms with Crippen LogP contribution in [0.5, 0.6) is 0 Å². The number of rotatable bonds is 4. The number of β-amino-alcohol motifs (C(OH)–C–C–N with tert-alkyl or cyclic N) is 1. The molecule has 1 aromatic carbocycles. The first-order chi connectivity index (χ1) is 15.0. The van der Waals surface area contributed by atoms with Crippen LogP contribution >= 0.6 is 11.6 Å². The number of hydrogen-bond donors (Lipinski definition) is 1. The fraction of sp³-hybridized carbons (Fsp3) is 0.696. The number of aliphatic hydroxyl groups is 1. The Labute approximate surface area is 189 Å². The maximum atomic E-state index is 12.8. The van der Waals surface area contributed by atoms with E-state index < -0.39 is 6.10 Å². The molecule has 4 atom stereocenters. The summed E-state index contributed by atoms with van der Waals surface area (Å²) in [4.78, 5) is 19.3. The van der Waals surface area contributed by atoms with E-state index in [1.165, 1.54) is 0 Å². The van der Waals surface area contributed by atoms with E-state index in [2.05, 4.69) is 22.9 Å². The van der Waals surface area contributed by atoms with E-state index in [0.29, 0.717) is 37.7 Å². The highest BCUT2D eigenvalue weighted by atomic mass is 35.5. The molecule has 0 aromatic heterocycles. The van der Waals surface area contributed by atoms with Crippen LogP contribution in [0.1, 0.15) is 24.8 Å². The van der Waals surface area contributed by atoms with Crippen LogP contribution in [-0.4, -0.2) is 103 Å². The van der Waals surface area contributed by atoms with Gasteiger partial charge in [0, 0.05) is 50.3 Å².